The van der Waals surface area contributed by atoms with Crippen molar-refractivity contribution in [3.05, 3.63) is 83.9 Å². The fourth-order valence-corrected chi connectivity index (χ4v) is 2.03. The summed E-state index contributed by atoms with van der Waals surface area (Å²) >= 11 is 0. The minimum atomic E-state index is -0.193. The highest BCUT2D eigenvalue weighted by molar-refractivity contribution is 6.06. The molecule has 0 radical (unpaired) electrons. The van der Waals surface area contributed by atoms with Crippen molar-refractivity contribution in [3.8, 4) is 0 Å². The number of carbonyl (C=O) groups excluding carboxylic acids is 1. The molecule has 22 heavy (non-hydrogen) atoms. The molecule has 0 saturated carbocycles. The third kappa shape index (κ3) is 4.09. The molecule has 0 unspecified atom stereocenters. The summed E-state index contributed by atoms with van der Waals surface area (Å²) in [4.78, 5) is 12.2. The van der Waals surface area contributed by atoms with Crippen LogP contribution < -0.4 is 0 Å². The van der Waals surface area contributed by atoms with Gasteiger partial charge in [0, 0.05) is 23.3 Å². The number of allylic oxidation sites excluding steroid dienone is 2. The lowest BCUT2D eigenvalue weighted by Gasteiger charge is -2.07. The Bertz CT molecular complexity index is 611. The van der Waals surface area contributed by atoms with Gasteiger partial charge in [0.15, 0.2) is 5.78 Å². The van der Waals surface area contributed by atoms with Gasteiger partial charge in [-0.25, -0.2) is 0 Å². The van der Waals surface area contributed by atoms with Crippen molar-refractivity contribution in [1.29, 1.82) is 0 Å². The van der Waals surface area contributed by atoms with Crippen molar-refractivity contribution in [2.45, 2.75) is 0 Å². The van der Waals surface area contributed by atoms with Gasteiger partial charge in [0.25, 0.3) is 0 Å². The van der Waals surface area contributed by atoms with Crippen LogP contribution in [-0.4, -0.2) is 20.0 Å². The zero-order valence-electron chi connectivity index (χ0n) is 12.7. The highest BCUT2D eigenvalue weighted by Crippen LogP contribution is 2.17. The van der Waals surface area contributed by atoms with Crippen LogP contribution in [0.25, 0.3) is 11.5 Å². The number of rotatable bonds is 6. The van der Waals surface area contributed by atoms with Crippen molar-refractivity contribution in [2.24, 2.45) is 0 Å². The molecule has 2 rings (SSSR count). The molecule has 0 bridgehead atoms. The fourth-order valence-electron chi connectivity index (χ4n) is 2.03. The lowest BCUT2D eigenvalue weighted by atomic mass is 10.1. The molecular formula is C19H18O3. The van der Waals surface area contributed by atoms with Gasteiger partial charge in [-0.15, -0.1) is 0 Å². The number of hydrogen-bond acceptors (Lipinski definition) is 3. The van der Waals surface area contributed by atoms with Gasteiger partial charge in [0.1, 0.15) is 11.5 Å². The Kier molecular flexibility index (Phi) is 5.55. The quantitative estimate of drug-likeness (QED) is 0.598. The van der Waals surface area contributed by atoms with Gasteiger partial charge >= 0.3 is 0 Å². The first-order valence-corrected chi connectivity index (χ1v) is 6.90. The first-order valence-electron chi connectivity index (χ1n) is 6.90. The molecule has 0 spiro atoms. The number of methoxy groups -OCH3 is 2. The molecule has 0 fully saturated rings. The van der Waals surface area contributed by atoms with Crippen LogP contribution in [0, 0.1) is 0 Å². The highest BCUT2D eigenvalue weighted by atomic mass is 16.5. The maximum Gasteiger partial charge on any atom is 0.186 e. The number of ketones is 1. The second kappa shape index (κ2) is 7.84. The van der Waals surface area contributed by atoms with Crippen LogP contribution in [0.1, 0.15) is 11.1 Å². The van der Waals surface area contributed by atoms with Crippen LogP contribution in [0.4, 0.5) is 0 Å². The number of benzene rings is 2. The monoisotopic (exact) mass is 294 g/mol. The Morgan fingerprint density at radius 2 is 1.09 bits per heavy atom. The summed E-state index contributed by atoms with van der Waals surface area (Å²) in [6, 6.07) is 19.0. The third-order valence-corrected chi connectivity index (χ3v) is 3.10. The lowest BCUT2D eigenvalue weighted by Crippen LogP contribution is -1.96. The Morgan fingerprint density at radius 1 is 0.727 bits per heavy atom. The van der Waals surface area contributed by atoms with Gasteiger partial charge in [-0.2, -0.15) is 0 Å². The molecule has 3 nitrogen and oxygen atoms in total. The van der Waals surface area contributed by atoms with E-state index in [1.807, 2.05) is 60.7 Å². The topological polar surface area (TPSA) is 35.5 Å². The molecule has 0 aliphatic carbocycles. The second-order valence-corrected chi connectivity index (χ2v) is 4.56. The zero-order valence-corrected chi connectivity index (χ0v) is 12.7. The highest BCUT2D eigenvalue weighted by Gasteiger charge is 2.06. The van der Waals surface area contributed by atoms with Crippen LogP contribution in [0.5, 0.6) is 0 Å². The van der Waals surface area contributed by atoms with Crippen LogP contribution in [0.15, 0.2) is 72.8 Å². The minimum Gasteiger partial charge on any atom is -0.496 e. The van der Waals surface area contributed by atoms with Crippen molar-refractivity contribution in [2.75, 3.05) is 14.2 Å². The van der Waals surface area contributed by atoms with E-state index in [-0.39, 0.29) is 5.78 Å². The maximum absolute atomic E-state index is 12.2. The molecule has 0 aliphatic heterocycles. The van der Waals surface area contributed by atoms with Crippen LogP contribution in [0.2, 0.25) is 0 Å². The van der Waals surface area contributed by atoms with Gasteiger partial charge in [0.05, 0.1) is 14.2 Å². The zero-order chi connectivity index (χ0) is 15.8. The first-order chi connectivity index (χ1) is 10.7. The molecule has 2 aromatic rings. The molecule has 0 atom stereocenters. The Morgan fingerprint density at radius 3 is 1.41 bits per heavy atom. The average Bonchev–Trinajstić information content (AvgIpc) is 2.59. The van der Waals surface area contributed by atoms with Crippen molar-refractivity contribution >= 4 is 17.3 Å². The summed E-state index contributed by atoms with van der Waals surface area (Å²) in [5.41, 5.74) is 1.70. The number of ether oxygens (including phenoxy) is 2. The molecule has 0 aromatic heterocycles. The molecule has 3 heteroatoms. The third-order valence-electron chi connectivity index (χ3n) is 3.10. The van der Waals surface area contributed by atoms with Crippen LogP contribution in [0.3, 0.4) is 0 Å². The molecule has 2 aromatic carbocycles. The smallest absolute Gasteiger partial charge is 0.186 e. The standard InChI is InChI=1S/C19H18O3/c1-21-18(15-9-5-3-6-10-15)13-17(20)14-19(22-2)16-11-7-4-8-12-16/h3-14H,1-2H3. The number of carbonyl (C=O) groups is 1. The van der Waals surface area contributed by atoms with E-state index in [1.165, 1.54) is 12.2 Å². The van der Waals surface area contributed by atoms with Crippen molar-refractivity contribution in [1.82, 2.24) is 0 Å². The van der Waals surface area contributed by atoms with E-state index in [1.54, 1.807) is 14.2 Å². The summed E-state index contributed by atoms with van der Waals surface area (Å²) in [5.74, 6) is 0.845. The largest absolute Gasteiger partial charge is 0.496 e. The molecule has 112 valence electrons. The predicted octanol–water partition coefficient (Wildman–Crippen LogP) is 3.93. The molecule has 0 amide bonds. The molecular weight excluding hydrogens is 276 g/mol. The minimum absolute atomic E-state index is 0.193. The summed E-state index contributed by atoms with van der Waals surface area (Å²) in [6.07, 6.45) is 2.91. The first kappa shape index (κ1) is 15.6. The van der Waals surface area contributed by atoms with E-state index in [0.717, 1.165) is 11.1 Å². The van der Waals surface area contributed by atoms with E-state index in [0.29, 0.717) is 11.5 Å². The second-order valence-electron chi connectivity index (χ2n) is 4.56. The normalized spacial score (nSPS) is 11.9. The van der Waals surface area contributed by atoms with Crippen LogP contribution in [-0.2, 0) is 14.3 Å². The predicted molar refractivity (Wildman–Crippen MR) is 87.9 cm³/mol. The molecule has 0 N–H and O–H groups in total. The number of hydrogen-bond donors (Lipinski definition) is 0. The molecule has 0 saturated heterocycles. The van der Waals surface area contributed by atoms with Gasteiger partial charge in [-0.3, -0.25) is 4.79 Å². The Labute approximate surface area is 130 Å². The molecule has 0 aliphatic rings. The fraction of sp³-hybridized carbons (Fsp3) is 0.105. The maximum atomic E-state index is 12.2. The summed E-state index contributed by atoms with van der Waals surface area (Å²) in [5, 5.41) is 0. The van der Waals surface area contributed by atoms with Crippen LogP contribution >= 0.6 is 0 Å². The van der Waals surface area contributed by atoms with E-state index < -0.39 is 0 Å². The van der Waals surface area contributed by atoms with Gasteiger partial charge in [-0.1, -0.05) is 60.7 Å². The van der Waals surface area contributed by atoms with Gasteiger partial charge in [0.2, 0.25) is 0 Å². The van der Waals surface area contributed by atoms with Gasteiger partial charge in [-0.05, 0) is 0 Å². The summed E-state index contributed by atoms with van der Waals surface area (Å²) in [6.45, 7) is 0. The van der Waals surface area contributed by atoms with E-state index in [4.69, 9.17) is 9.47 Å². The summed E-state index contributed by atoms with van der Waals surface area (Å²) < 4.78 is 10.6. The van der Waals surface area contributed by atoms with E-state index >= 15 is 0 Å². The summed E-state index contributed by atoms with van der Waals surface area (Å²) in [7, 11) is 3.09. The van der Waals surface area contributed by atoms with E-state index in [9.17, 15) is 4.79 Å². The Hall–Kier alpha value is -2.81. The van der Waals surface area contributed by atoms with Gasteiger partial charge < -0.3 is 9.47 Å². The Balaban J connectivity index is 2.26. The lowest BCUT2D eigenvalue weighted by molar-refractivity contribution is -0.110. The van der Waals surface area contributed by atoms with E-state index in [2.05, 4.69) is 0 Å². The SMILES string of the molecule is COC(=CC(=O)C=C(OC)c1ccccc1)c1ccccc1. The average molecular weight is 294 g/mol. The van der Waals surface area contributed by atoms with Crippen molar-refractivity contribution < 1.29 is 14.3 Å². The van der Waals surface area contributed by atoms with Crippen molar-refractivity contribution in [3.63, 3.8) is 0 Å². The molecule has 0 heterocycles.